The molecule has 7 heteroatoms. The second kappa shape index (κ2) is 9.76. The highest BCUT2D eigenvalue weighted by Gasteiger charge is 2.37. The molecule has 4 rings (SSSR count). The number of barbiturate groups is 1. The molecule has 1 saturated heterocycles. The molecule has 3 aromatic rings. The van der Waals surface area contributed by atoms with Gasteiger partial charge in [-0.2, -0.15) is 0 Å². The predicted molar refractivity (Wildman–Crippen MR) is 137 cm³/mol. The minimum atomic E-state index is -0.780. The molecule has 0 aromatic heterocycles. The molecule has 3 aromatic carbocycles. The molecule has 0 saturated carbocycles. The average molecular weight is 489 g/mol. The number of benzene rings is 3. The Morgan fingerprint density at radius 2 is 1.60 bits per heavy atom. The van der Waals surface area contributed by atoms with Crippen molar-refractivity contribution in [3.63, 3.8) is 0 Å². The number of nitrogens with one attached hydrogen (secondary N) is 1. The first-order chi connectivity index (χ1) is 16.6. The Bertz CT molecular complexity index is 1370. The van der Waals surface area contributed by atoms with Crippen molar-refractivity contribution in [2.24, 2.45) is 0 Å². The fraction of sp³-hybridized carbons (Fsp3) is 0.179. The van der Waals surface area contributed by atoms with Gasteiger partial charge in [-0.25, -0.2) is 9.69 Å². The fourth-order valence-electron chi connectivity index (χ4n) is 4.14. The van der Waals surface area contributed by atoms with Crippen molar-refractivity contribution in [2.75, 3.05) is 4.90 Å². The van der Waals surface area contributed by atoms with E-state index in [9.17, 15) is 14.4 Å². The van der Waals surface area contributed by atoms with E-state index in [0.717, 1.165) is 32.7 Å². The number of urea groups is 1. The summed E-state index contributed by atoms with van der Waals surface area (Å²) in [7, 11) is 0. The summed E-state index contributed by atoms with van der Waals surface area (Å²) >= 11 is 6.43. The lowest BCUT2D eigenvalue weighted by atomic mass is 10.0. The zero-order valence-corrected chi connectivity index (χ0v) is 20.7. The zero-order valence-electron chi connectivity index (χ0n) is 19.9. The van der Waals surface area contributed by atoms with E-state index in [1.165, 1.54) is 6.08 Å². The number of anilines is 1. The Morgan fingerprint density at radius 1 is 0.886 bits per heavy atom. The Kier molecular flexibility index (Phi) is 6.76. The number of imide groups is 2. The molecule has 0 aliphatic carbocycles. The lowest BCUT2D eigenvalue weighted by Crippen LogP contribution is -2.54. The van der Waals surface area contributed by atoms with Gasteiger partial charge in [0.05, 0.1) is 10.7 Å². The molecular weight excluding hydrogens is 464 g/mol. The smallest absolute Gasteiger partial charge is 0.335 e. The molecule has 0 bridgehead atoms. The van der Waals surface area contributed by atoms with Crippen LogP contribution < -0.4 is 15.0 Å². The van der Waals surface area contributed by atoms with Crippen LogP contribution in [0.3, 0.4) is 0 Å². The van der Waals surface area contributed by atoms with Gasteiger partial charge in [-0.05, 0) is 68.7 Å². The number of rotatable bonds is 5. The molecule has 1 aliphatic heterocycles. The molecule has 0 unspecified atom stereocenters. The van der Waals surface area contributed by atoms with Gasteiger partial charge in [-0.3, -0.25) is 14.9 Å². The van der Waals surface area contributed by atoms with E-state index in [1.54, 1.807) is 37.3 Å². The molecule has 4 amide bonds. The number of carbonyl (C=O) groups excluding carboxylic acids is 3. The van der Waals surface area contributed by atoms with Gasteiger partial charge in [0.2, 0.25) is 0 Å². The van der Waals surface area contributed by atoms with E-state index >= 15 is 0 Å². The third-order valence-corrected chi connectivity index (χ3v) is 5.93. The van der Waals surface area contributed by atoms with Gasteiger partial charge in [0.25, 0.3) is 11.8 Å². The van der Waals surface area contributed by atoms with Crippen molar-refractivity contribution in [1.29, 1.82) is 0 Å². The van der Waals surface area contributed by atoms with Crippen LogP contribution in [0.25, 0.3) is 6.08 Å². The number of hydrogen-bond donors (Lipinski definition) is 1. The van der Waals surface area contributed by atoms with Crippen LogP contribution >= 0.6 is 11.6 Å². The van der Waals surface area contributed by atoms with Gasteiger partial charge >= 0.3 is 6.03 Å². The second-order valence-electron chi connectivity index (χ2n) is 8.72. The molecule has 6 nitrogen and oxygen atoms in total. The predicted octanol–water partition coefficient (Wildman–Crippen LogP) is 5.82. The van der Waals surface area contributed by atoms with E-state index in [2.05, 4.69) is 23.5 Å². The summed E-state index contributed by atoms with van der Waals surface area (Å²) in [5.74, 6) is -0.969. The van der Waals surface area contributed by atoms with Crippen molar-refractivity contribution >= 4 is 41.2 Å². The van der Waals surface area contributed by atoms with Crippen LogP contribution in [-0.2, 0) is 16.2 Å². The SMILES string of the molecule is Cc1cc(C)cc(COc2ccc(/C=C3\C(=O)NC(=O)N(c4ccc(C)cc4C)C3=O)cc2Cl)c1. The maximum atomic E-state index is 13.2. The molecule has 1 N–H and O–H groups in total. The Labute approximate surface area is 209 Å². The topological polar surface area (TPSA) is 75.7 Å². The molecular formula is C28H25ClN2O4. The minimum absolute atomic E-state index is 0.162. The van der Waals surface area contributed by atoms with Crippen LogP contribution in [0.15, 0.2) is 60.2 Å². The summed E-state index contributed by atoms with van der Waals surface area (Å²) in [6.07, 6.45) is 1.42. The minimum Gasteiger partial charge on any atom is -0.487 e. The first kappa shape index (κ1) is 24.2. The first-order valence-electron chi connectivity index (χ1n) is 11.1. The van der Waals surface area contributed by atoms with E-state index < -0.39 is 17.8 Å². The Hall–Kier alpha value is -3.90. The average Bonchev–Trinajstić information content (AvgIpc) is 2.76. The summed E-state index contributed by atoms with van der Waals surface area (Å²) in [5, 5.41) is 2.59. The molecule has 0 radical (unpaired) electrons. The number of carbonyl (C=O) groups is 3. The molecule has 1 heterocycles. The van der Waals surface area contributed by atoms with Gasteiger partial charge < -0.3 is 4.74 Å². The molecule has 178 valence electrons. The lowest BCUT2D eigenvalue weighted by molar-refractivity contribution is -0.122. The van der Waals surface area contributed by atoms with Crippen LogP contribution in [0.4, 0.5) is 10.5 Å². The van der Waals surface area contributed by atoms with Crippen molar-refractivity contribution in [3.05, 3.63) is 98.6 Å². The first-order valence-corrected chi connectivity index (χ1v) is 11.5. The van der Waals surface area contributed by atoms with E-state index in [4.69, 9.17) is 16.3 Å². The van der Waals surface area contributed by atoms with Crippen molar-refractivity contribution in [2.45, 2.75) is 34.3 Å². The van der Waals surface area contributed by atoms with Crippen LogP contribution in [0.5, 0.6) is 5.75 Å². The highest BCUT2D eigenvalue weighted by Crippen LogP contribution is 2.29. The molecule has 35 heavy (non-hydrogen) atoms. The largest absolute Gasteiger partial charge is 0.487 e. The van der Waals surface area contributed by atoms with E-state index in [0.29, 0.717) is 28.6 Å². The molecule has 0 atom stereocenters. The molecule has 0 spiro atoms. The van der Waals surface area contributed by atoms with Gasteiger partial charge in [0.1, 0.15) is 17.9 Å². The highest BCUT2D eigenvalue weighted by molar-refractivity contribution is 6.39. The van der Waals surface area contributed by atoms with Crippen LogP contribution in [0, 0.1) is 27.7 Å². The Balaban J connectivity index is 1.58. The molecule has 1 fully saturated rings. The van der Waals surface area contributed by atoms with E-state index in [-0.39, 0.29) is 5.57 Å². The summed E-state index contributed by atoms with van der Waals surface area (Å²) in [6.45, 7) is 8.14. The maximum absolute atomic E-state index is 13.2. The number of nitrogens with zero attached hydrogens (tertiary/aromatic N) is 1. The van der Waals surface area contributed by atoms with Crippen molar-refractivity contribution in [3.8, 4) is 5.75 Å². The Morgan fingerprint density at radius 3 is 2.26 bits per heavy atom. The van der Waals surface area contributed by atoms with Crippen molar-refractivity contribution < 1.29 is 19.1 Å². The standard InChI is InChI=1S/C28H25ClN2O4/c1-16-5-7-24(19(4)10-16)31-27(33)22(26(32)30-28(31)34)13-20-6-8-25(23(29)14-20)35-15-21-11-17(2)9-18(3)12-21/h5-14H,15H2,1-4H3,(H,30,32,34)/b22-13+. The summed E-state index contributed by atoms with van der Waals surface area (Å²) in [4.78, 5) is 39.1. The van der Waals surface area contributed by atoms with Gasteiger partial charge in [-0.1, -0.05) is 64.7 Å². The highest BCUT2D eigenvalue weighted by atomic mass is 35.5. The quantitative estimate of drug-likeness (QED) is 0.362. The normalized spacial score (nSPS) is 14.9. The molecule has 1 aliphatic rings. The van der Waals surface area contributed by atoms with E-state index in [1.807, 2.05) is 26.8 Å². The van der Waals surface area contributed by atoms with Crippen LogP contribution in [0.1, 0.15) is 33.4 Å². The third kappa shape index (κ3) is 5.28. The third-order valence-electron chi connectivity index (χ3n) is 5.64. The van der Waals surface area contributed by atoms with Crippen LogP contribution in [-0.4, -0.2) is 17.8 Å². The van der Waals surface area contributed by atoms with Crippen LogP contribution in [0.2, 0.25) is 5.02 Å². The van der Waals surface area contributed by atoms with Gasteiger partial charge in [-0.15, -0.1) is 0 Å². The maximum Gasteiger partial charge on any atom is 0.335 e. The van der Waals surface area contributed by atoms with Gasteiger partial charge in [0.15, 0.2) is 0 Å². The monoisotopic (exact) mass is 488 g/mol. The zero-order chi connectivity index (χ0) is 25.3. The fourth-order valence-corrected chi connectivity index (χ4v) is 4.38. The second-order valence-corrected chi connectivity index (χ2v) is 9.13. The number of ether oxygens (including phenoxy) is 1. The summed E-state index contributed by atoms with van der Waals surface area (Å²) < 4.78 is 5.88. The number of hydrogen-bond acceptors (Lipinski definition) is 4. The number of amides is 4. The van der Waals surface area contributed by atoms with Crippen molar-refractivity contribution in [1.82, 2.24) is 5.32 Å². The number of halogens is 1. The summed E-state index contributed by atoms with van der Waals surface area (Å²) in [5.41, 5.74) is 5.87. The van der Waals surface area contributed by atoms with Gasteiger partial charge in [0, 0.05) is 0 Å². The lowest BCUT2D eigenvalue weighted by Gasteiger charge is -2.27. The number of aryl methyl sites for hydroxylation is 4. The summed E-state index contributed by atoms with van der Waals surface area (Å²) in [6, 6.07) is 15.8.